The molecule has 4 aromatic rings. The fraction of sp³-hybridized carbons (Fsp3) is 0.300. The van der Waals surface area contributed by atoms with E-state index in [9.17, 15) is 4.79 Å². The van der Waals surface area contributed by atoms with Crippen molar-refractivity contribution in [3.8, 4) is 11.4 Å². The van der Waals surface area contributed by atoms with E-state index in [4.69, 9.17) is 4.74 Å². The minimum atomic E-state index is 0.110. The van der Waals surface area contributed by atoms with E-state index in [-0.39, 0.29) is 5.91 Å². The van der Waals surface area contributed by atoms with Gasteiger partial charge in [-0.05, 0) is 54.1 Å². The molecular formula is C30H33N5O2S. The van der Waals surface area contributed by atoms with Gasteiger partial charge in [0.15, 0.2) is 5.16 Å². The summed E-state index contributed by atoms with van der Waals surface area (Å²) < 4.78 is 7.46. The van der Waals surface area contributed by atoms with Gasteiger partial charge in [0, 0.05) is 49.6 Å². The lowest BCUT2D eigenvalue weighted by atomic mass is 10.1. The zero-order valence-corrected chi connectivity index (χ0v) is 22.7. The van der Waals surface area contributed by atoms with Crippen LogP contribution in [0.2, 0.25) is 0 Å². The number of nitrogens with zero attached hydrogens (tertiary/aromatic N) is 5. The number of carbonyl (C=O) groups excluding carboxylic acids is 1. The highest BCUT2D eigenvalue weighted by atomic mass is 32.2. The number of thioether (sulfide) groups is 1. The van der Waals surface area contributed by atoms with Crippen molar-refractivity contribution in [2.24, 2.45) is 0 Å². The highest BCUT2D eigenvalue weighted by Crippen LogP contribution is 2.28. The van der Waals surface area contributed by atoms with Gasteiger partial charge in [-0.2, -0.15) is 0 Å². The monoisotopic (exact) mass is 527 g/mol. The molecule has 2 heterocycles. The summed E-state index contributed by atoms with van der Waals surface area (Å²) in [6, 6.07) is 26.2. The van der Waals surface area contributed by atoms with E-state index in [1.807, 2.05) is 65.6 Å². The third-order valence-electron chi connectivity index (χ3n) is 6.88. The first-order chi connectivity index (χ1) is 18.6. The molecule has 8 heteroatoms. The van der Waals surface area contributed by atoms with Gasteiger partial charge >= 0.3 is 0 Å². The Bertz CT molecular complexity index is 1350. The first-order valence-electron chi connectivity index (χ1n) is 13.0. The van der Waals surface area contributed by atoms with E-state index >= 15 is 0 Å². The summed E-state index contributed by atoms with van der Waals surface area (Å²) in [5, 5.41) is 9.93. The van der Waals surface area contributed by atoms with Crippen molar-refractivity contribution in [1.29, 1.82) is 0 Å². The van der Waals surface area contributed by atoms with E-state index in [0.29, 0.717) is 12.2 Å². The largest absolute Gasteiger partial charge is 0.497 e. The fourth-order valence-corrected chi connectivity index (χ4v) is 5.58. The molecule has 1 saturated heterocycles. The molecule has 38 heavy (non-hydrogen) atoms. The number of carbonyl (C=O) groups is 1. The molecule has 1 aliphatic heterocycles. The molecule has 3 aromatic carbocycles. The number of hydrogen-bond donors (Lipinski definition) is 0. The first-order valence-corrected chi connectivity index (χ1v) is 14.0. The average Bonchev–Trinajstić information content (AvgIpc) is 3.38. The number of likely N-dealkylation sites (N-methyl/N-ethyl adjacent to an activating group) is 1. The SMILES string of the molecule is CCN1CCN(C(=O)c2cccc(CSc3nnc(Cc4ccccc4)n3-c3ccc(OC)cc3)c2)CC1. The third-order valence-corrected chi connectivity index (χ3v) is 7.88. The van der Waals surface area contributed by atoms with Crippen LogP contribution >= 0.6 is 11.8 Å². The van der Waals surface area contributed by atoms with Gasteiger partial charge in [0.05, 0.1) is 7.11 Å². The van der Waals surface area contributed by atoms with Gasteiger partial charge in [-0.3, -0.25) is 9.36 Å². The lowest BCUT2D eigenvalue weighted by Crippen LogP contribution is -2.48. The van der Waals surface area contributed by atoms with Crippen LogP contribution in [-0.2, 0) is 12.2 Å². The van der Waals surface area contributed by atoms with Gasteiger partial charge in [0.2, 0.25) is 0 Å². The Balaban J connectivity index is 1.34. The summed E-state index contributed by atoms with van der Waals surface area (Å²) in [7, 11) is 1.67. The van der Waals surface area contributed by atoms with E-state index in [0.717, 1.165) is 66.3 Å². The maximum absolute atomic E-state index is 13.2. The second-order valence-electron chi connectivity index (χ2n) is 9.31. The van der Waals surface area contributed by atoms with Crippen LogP contribution in [0.5, 0.6) is 5.75 Å². The normalized spacial score (nSPS) is 14.0. The summed E-state index contributed by atoms with van der Waals surface area (Å²) >= 11 is 1.62. The van der Waals surface area contributed by atoms with Gasteiger partial charge in [-0.1, -0.05) is 61.2 Å². The molecule has 0 aliphatic carbocycles. The minimum Gasteiger partial charge on any atom is -0.497 e. The number of aromatic nitrogens is 3. The van der Waals surface area contributed by atoms with Crippen molar-refractivity contribution in [1.82, 2.24) is 24.6 Å². The Morgan fingerprint density at radius 2 is 1.63 bits per heavy atom. The topological polar surface area (TPSA) is 63.5 Å². The number of piperazine rings is 1. The van der Waals surface area contributed by atoms with Crippen LogP contribution in [0.4, 0.5) is 0 Å². The van der Waals surface area contributed by atoms with Crippen molar-refractivity contribution in [2.45, 2.75) is 24.3 Å². The maximum Gasteiger partial charge on any atom is 0.253 e. The Kier molecular flexibility index (Phi) is 8.41. The summed E-state index contributed by atoms with van der Waals surface area (Å²) in [6.07, 6.45) is 0.676. The fourth-order valence-electron chi connectivity index (χ4n) is 4.67. The summed E-state index contributed by atoms with van der Waals surface area (Å²) in [4.78, 5) is 17.5. The molecule has 1 amide bonds. The van der Waals surface area contributed by atoms with Crippen LogP contribution in [0.1, 0.15) is 34.2 Å². The van der Waals surface area contributed by atoms with Crippen molar-refractivity contribution in [3.05, 3.63) is 101 Å². The number of rotatable bonds is 9. The predicted octanol–water partition coefficient (Wildman–Crippen LogP) is 4.94. The number of hydrogen-bond acceptors (Lipinski definition) is 6. The second kappa shape index (κ2) is 12.3. The third kappa shape index (κ3) is 6.09. The lowest BCUT2D eigenvalue weighted by molar-refractivity contribution is 0.0643. The maximum atomic E-state index is 13.2. The van der Waals surface area contributed by atoms with Crippen molar-refractivity contribution in [3.63, 3.8) is 0 Å². The molecule has 0 bridgehead atoms. The van der Waals surface area contributed by atoms with Crippen LogP contribution in [-0.4, -0.2) is 70.3 Å². The molecule has 0 radical (unpaired) electrons. The number of benzene rings is 3. The van der Waals surface area contributed by atoms with Crippen LogP contribution in [0.25, 0.3) is 5.69 Å². The van der Waals surface area contributed by atoms with E-state index in [1.54, 1.807) is 18.9 Å². The molecule has 1 fully saturated rings. The van der Waals surface area contributed by atoms with Crippen molar-refractivity contribution < 1.29 is 9.53 Å². The van der Waals surface area contributed by atoms with Gasteiger partial charge in [0.25, 0.3) is 5.91 Å². The van der Waals surface area contributed by atoms with E-state index in [2.05, 4.69) is 44.8 Å². The van der Waals surface area contributed by atoms with Gasteiger partial charge in [-0.15, -0.1) is 10.2 Å². The predicted molar refractivity (Wildman–Crippen MR) is 151 cm³/mol. The Hall–Kier alpha value is -3.62. The van der Waals surface area contributed by atoms with Crippen molar-refractivity contribution >= 4 is 17.7 Å². The molecule has 7 nitrogen and oxygen atoms in total. The zero-order valence-electron chi connectivity index (χ0n) is 21.9. The quantitative estimate of drug-likeness (QED) is 0.288. The van der Waals surface area contributed by atoms with Crippen LogP contribution in [0.15, 0.2) is 84.0 Å². The number of ether oxygens (including phenoxy) is 1. The lowest BCUT2D eigenvalue weighted by Gasteiger charge is -2.34. The van der Waals surface area contributed by atoms with E-state index in [1.165, 1.54) is 5.56 Å². The molecule has 1 aliphatic rings. The van der Waals surface area contributed by atoms with Gasteiger partial charge in [0.1, 0.15) is 11.6 Å². The standard InChI is InChI=1S/C30H33N5O2S/c1-3-33-16-18-34(19-17-33)29(36)25-11-7-10-24(20-25)22-38-30-32-31-28(21-23-8-5-4-6-9-23)35(30)26-12-14-27(37-2)15-13-26/h4-15,20H,3,16-19,21-22H2,1-2H3. The zero-order chi connectivity index (χ0) is 26.3. The number of methoxy groups -OCH3 is 1. The molecule has 0 saturated carbocycles. The highest BCUT2D eigenvalue weighted by Gasteiger charge is 2.22. The second-order valence-corrected chi connectivity index (χ2v) is 10.3. The molecule has 0 atom stereocenters. The smallest absolute Gasteiger partial charge is 0.253 e. The number of amides is 1. The molecule has 0 spiro atoms. The van der Waals surface area contributed by atoms with Crippen LogP contribution in [0, 0.1) is 0 Å². The molecule has 196 valence electrons. The molecule has 0 unspecified atom stereocenters. The summed E-state index contributed by atoms with van der Waals surface area (Å²) in [5.41, 5.74) is 3.99. The van der Waals surface area contributed by atoms with Gasteiger partial charge in [-0.25, -0.2) is 0 Å². The van der Waals surface area contributed by atoms with Crippen LogP contribution < -0.4 is 4.74 Å². The average molecular weight is 528 g/mol. The minimum absolute atomic E-state index is 0.110. The Labute approximate surface area is 228 Å². The highest BCUT2D eigenvalue weighted by molar-refractivity contribution is 7.98. The summed E-state index contributed by atoms with van der Waals surface area (Å²) in [5.74, 6) is 2.47. The van der Waals surface area contributed by atoms with Crippen molar-refractivity contribution in [2.75, 3.05) is 39.8 Å². The summed E-state index contributed by atoms with van der Waals surface area (Å²) in [6.45, 7) is 6.62. The molecule has 1 aromatic heterocycles. The molecular weight excluding hydrogens is 494 g/mol. The van der Waals surface area contributed by atoms with Crippen LogP contribution in [0.3, 0.4) is 0 Å². The Morgan fingerprint density at radius 1 is 0.895 bits per heavy atom. The molecule has 5 rings (SSSR count). The van der Waals surface area contributed by atoms with Gasteiger partial charge < -0.3 is 14.5 Å². The molecule has 0 N–H and O–H groups in total. The first kappa shape index (κ1) is 26.0. The van der Waals surface area contributed by atoms with E-state index < -0.39 is 0 Å². The Morgan fingerprint density at radius 3 is 2.34 bits per heavy atom.